The molecule has 1 aromatic heterocycles. The van der Waals surface area contributed by atoms with Gasteiger partial charge in [-0.2, -0.15) is 10.2 Å². The summed E-state index contributed by atoms with van der Waals surface area (Å²) < 4.78 is 0. The van der Waals surface area contributed by atoms with Gasteiger partial charge in [0.25, 0.3) is 0 Å². The SMILES string of the molecule is CC(CCc1ccccc1)N=Nc1nncc2ccccc12. The molecular weight excluding hydrogens is 272 g/mol. The minimum Gasteiger partial charge on any atom is -0.184 e. The molecule has 22 heavy (non-hydrogen) atoms. The number of aromatic nitrogens is 2. The molecule has 0 N–H and O–H groups in total. The lowest BCUT2D eigenvalue weighted by Crippen LogP contribution is -1.99. The largest absolute Gasteiger partial charge is 0.203 e. The first-order chi connectivity index (χ1) is 10.8. The van der Waals surface area contributed by atoms with Crippen LogP contribution >= 0.6 is 0 Å². The topological polar surface area (TPSA) is 50.5 Å². The van der Waals surface area contributed by atoms with Crippen molar-refractivity contribution in [1.82, 2.24) is 10.2 Å². The van der Waals surface area contributed by atoms with Gasteiger partial charge in [-0.3, -0.25) is 0 Å². The fourth-order valence-electron chi connectivity index (χ4n) is 2.32. The summed E-state index contributed by atoms with van der Waals surface area (Å²) in [6, 6.07) is 18.5. The van der Waals surface area contributed by atoms with Crippen LogP contribution in [0, 0.1) is 0 Å². The number of azo groups is 1. The molecular formula is C18H18N4. The molecule has 0 bridgehead atoms. The van der Waals surface area contributed by atoms with Crippen LogP contribution in [-0.4, -0.2) is 16.2 Å². The van der Waals surface area contributed by atoms with Crippen molar-refractivity contribution in [2.75, 3.05) is 0 Å². The quantitative estimate of drug-likeness (QED) is 0.637. The molecule has 4 nitrogen and oxygen atoms in total. The normalized spacial score (nSPS) is 12.8. The number of nitrogens with zero attached hydrogens (tertiary/aromatic N) is 4. The number of benzene rings is 2. The van der Waals surface area contributed by atoms with Gasteiger partial charge in [0, 0.05) is 10.8 Å². The third-order valence-electron chi connectivity index (χ3n) is 3.59. The van der Waals surface area contributed by atoms with Crippen LogP contribution in [0.15, 0.2) is 71.0 Å². The number of aryl methyl sites for hydroxylation is 1. The van der Waals surface area contributed by atoms with Crippen molar-refractivity contribution < 1.29 is 0 Å². The summed E-state index contributed by atoms with van der Waals surface area (Å²) in [5.74, 6) is 0.588. The molecule has 1 heterocycles. The Hall–Kier alpha value is -2.62. The average Bonchev–Trinajstić information content (AvgIpc) is 2.59. The lowest BCUT2D eigenvalue weighted by Gasteiger charge is -2.05. The predicted molar refractivity (Wildman–Crippen MR) is 88.3 cm³/mol. The van der Waals surface area contributed by atoms with Crippen molar-refractivity contribution in [2.45, 2.75) is 25.8 Å². The van der Waals surface area contributed by atoms with Crippen molar-refractivity contribution >= 4 is 16.6 Å². The molecule has 2 aromatic carbocycles. The molecule has 0 amide bonds. The van der Waals surface area contributed by atoms with Gasteiger partial charge in [-0.25, -0.2) is 0 Å². The summed E-state index contributed by atoms with van der Waals surface area (Å²) in [5, 5.41) is 18.8. The van der Waals surface area contributed by atoms with E-state index < -0.39 is 0 Å². The molecule has 0 fully saturated rings. The minimum absolute atomic E-state index is 0.154. The van der Waals surface area contributed by atoms with E-state index in [0.717, 1.165) is 23.6 Å². The number of hydrogen-bond donors (Lipinski definition) is 0. The molecule has 0 aliphatic heterocycles. The van der Waals surface area contributed by atoms with Gasteiger partial charge in [-0.15, -0.1) is 10.2 Å². The predicted octanol–water partition coefficient (Wildman–Crippen LogP) is 4.73. The summed E-state index contributed by atoms with van der Waals surface area (Å²) in [6.07, 6.45) is 3.71. The van der Waals surface area contributed by atoms with Gasteiger partial charge in [0.15, 0.2) is 0 Å². The summed E-state index contributed by atoms with van der Waals surface area (Å²) in [6.45, 7) is 2.07. The van der Waals surface area contributed by atoms with E-state index in [2.05, 4.69) is 51.6 Å². The third-order valence-corrected chi connectivity index (χ3v) is 3.59. The lowest BCUT2D eigenvalue weighted by molar-refractivity contribution is 0.638. The van der Waals surface area contributed by atoms with Gasteiger partial charge >= 0.3 is 0 Å². The van der Waals surface area contributed by atoms with Gasteiger partial charge in [-0.1, -0.05) is 54.6 Å². The Kier molecular flexibility index (Phi) is 4.49. The first kappa shape index (κ1) is 14.3. The monoisotopic (exact) mass is 290 g/mol. The second-order valence-electron chi connectivity index (χ2n) is 5.34. The summed E-state index contributed by atoms with van der Waals surface area (Å²) >= 11 is 0. The van der Waals surface area contributed by atoms with Gasteiger partial charge in [0.2, 0.25) is 5.82 Å². The van der Waals surface area contributed by atoms with E-state index in [0.29, 0.717) is 5.82 Å². The Morgan fingerprint density at radius 2 is 1.77 bits per heavy atom. The lowest BCUT2D eigenvalue weighted by atomic mass is 10.1. The minimum atomic E-state index is 0.154. The highest BCUT2D eigenvalue weighted by Gasteiger charge is 2.04. The molecule has 0 saturated carbocycles. The van der Waals surface area contributed by atoms with E-state index in [1.807, 2.05) is 30.3 Å². The molecule has 0 aliphatic rings. The van der Waals surface area contributed by atoms with Crippen LogP contribution in [0.4, 0.5) is 5.82 Å². The number of rotatable bonds is 5. The fourth-order valence-corrected chi connectivity index (χ4v) is 2.32. The zero-order valence-electron chi connectivity index (χ0n) is 12.6. The Morgan fingerprint density at radius 3 is 2.64 bits per heavy atom. The van der Waals surface area contributed by atoms with Gasteiger partial charge in [-0.05, 0) is 25.3 Å². The maximum absolute atomic E-state index is 4.38. The Balaban J connectivity index is 1.67. The number of hydrogen-bond acceptors (Lipinski definition) is 4. The standard InChI is InChI=1S/C18H18N4/c1-14(11-12-15-7-3-2-4-8-15)20-22-18-17-10-6-5-9-16(17)13-19-21-18/h2-10,13-14H,11-12H2,1H3. The van der Waals surface area contributed by atoms with Crippen molar-refractivity contribution in [3.8, 4) is 0 Å². The van der Waals surface area contributed by atoms with Crippen LogP contribution < -0.4 is 0 Å². The molecule has 110 valence electrons. The molecule has 1 atom stereocenters. The molecule has 3 rings (SSSR count). The van der Waals surface area contributed by atoms with Crippen molar-refractivity contribution in [3.05, 3.63) is 66.4 Å². The first-order valence-corrected chi connectivity index (χ1v) is 7.48. The van der Waals surface area contributed by atoms with Crippen LogP contribution in [-0.2, 0) is 6.42 Å². The van der Waals surface area contributed by atoms with Gasteiger partial charge < -0.3 is 0 Å². The van der Waals surface area contributed by atoms with Crippen molar-refractivity contribution in [3.63, 3.8) is 0 Å². The number of fused-ring (bicyclic) bond motifs is 1. The van der Waals surface area contributed by atoms with Gasteiger partial charge in [0.05, 0.1) is 12.2 Å². The van der Waals surface area contributed by atoms with Crippen molar-refractivity contribution in [1.29, 1.82) is 0 Å². The highest BCUT2D eigenvalue weighted by Crippen LogP contribution is 2.22. The molecule has 4 heteroatoms. The van der Waals surface area contributed by atoms with Crippen LogP contribution in [0.25, 0.3) is 10.8 Å². The first-order valence-electron chi connectivity index (χ1n) is 7.48. The summed E-state index contributed by atoms with van der Waals surface area (Å²) in [7, 11) is 0. The maximum Gasteiger partial charge on any atom is 0.203 e. The Morgan fingerprint density at radius 1 is 1.00 bits per heavy atom. The molecule has 1 unspecified atom stereocenters. The molecule has 0 saturated heterocycles. The average molecular weight is 290 g/mol. The van der Waals surface area contributed by atoms with E-state index in [4.69, 9.17) is 0 Å². The fraction of sp³-hybridized carbons (Fsp3) is 0.222. The molecule has 3 aromatic rings. The highest BCUT2D eigenvalue weighted by atomic mass is 15.2. The van der Waals surface area contributed by atoms with E-state index in [9.17, 15) is 0 Å². The highest BCUT2D eigenvalue weighted by molar-refractivity contribution is 5.89. The van der Waals surface area contributed by atoms with Crippen molar-refractivity contribution in [2.24, 2.45) is 10.2 Å². The van der Waals surface area contributed by atoms with E-state index in [-0.39, 0.29) is 6.04 Å². The van der Waals surface area contributed by atoms with E-state index in [1.165, 1.54) is 5.56 Å². The van der Waals surface area contributed by atoms with Crippen LogP contribution in [0.2, 0.25) is 0 Å². The second kappa shape index (κ2) is 6.89. The smallest absolute Gasteiger partial charge is 0.184 e. The Labute approximate surface area is 129 Å². The van der Waals surface area contributed by atoms with Crippen LogP contribution in [0.1, 0.15) is 18.9 Å². The van der Waals surface area contributed by atoms with E-state index in [1.54, 1.807) is 6.20 Å². The maximum atomic E-state index is 4.38. The van der Waals surface area contributed by atoms with Crippen LogP contribution in [0.3, 0.4) is 0 Å². The zero-order valence-corrected chi connectivity index (χ0v) is 12.6. The molecule has 0 radical (unpaired) electrons. The van der Waals surface area contributed by atoms with Gasteiger partial charge in [0.1, 0.15) is 0 Å². The Bertz CT molecular complexity index is 763. The third kappa shape index (κ3) is 3.52. The zero-order chi connectivity index (χ0) is 15.2. The molecule has 0 aliphatic carbocycles. The van der Waals surface area contributed by atoms with E-state index >= 15 is 0 Å². The summed E-state index contributed by atoms with van der Waals surface area (Å²) in [4.78, 5) is 0. The molecule has 0 spiro atoms. The summed E-state index contributed by atoms with van der Waals surface area (Å²) in [5.41, 5.74) is 1.33. The van der Waals surface area contributed by atoms with Crippen LogP contribution in [0.5, 0.6) is 0 Å². The second-order valence-corrected chi connectivity index (χ2v) is 5.34.